The van der Waals surface area contributed by atoms with E-state index in [2.05, 4.69) is 24.9 Å². The summed E-state index contributed by atoms with van der Waals surface area (Å²) in [4.78, 5) is 4.52. The summed E-state index contributed by atoms with van der Waals surface area (Å²) in [7, 11) is 1.51. The quantitative estimate of drug-likeness (QED) is 0.515. The van der Waals surface area contributed by atoms with E-state index in [4.69, 9.17) is 9.26 Å². The molecule has 0 unspecified atom stereocenters. The molecule has 8 heteroatoms. The fourth-order valence-corrected chi connectivity index (χ4v) is 3.92. The maximum absolute atomic E-state index is 14.7. The van der Waals surface area contributed by atoms with Gasteiger partial charge in [0, 0.05) is 30.2 Å². The van der Waals surface area contributed by atoms with E-state index in [1.54, 1.807) is 12.1 Å². The molecule has 29 heavy (non-hydrogen) atoms. The number of hydrogen-bond acceptors (Lipinski definition) is 6. The maximum Gasteiger partial charge on any atom is 0.259 e. The van der Waals surface area contributed by atoms with Gasteiger partial charge in [-0.1, -0.05) is 11.6 Å². The van der Waals surface area contributed by atoms with Crippen molar-refractivity contribution in [1.29, 1.82) is 0 Å². The van der Waals surface area contributed by atoms with Gasteiger partial charge in [0.25, 0.3) is 5.71 Å². The van der Waals surface area contributed by atoms with Crippen LogP contribution in [0.4, 0.5) is 4.39 Å². The number of hydrogen-bond donors (Lipinski definition) is 0. The Morgan fingerprint density at radius 1 is 1.10 bits per heavy atom. The lowest BCUT2D eigenvalue weighted by Gasteiger charge is -2.10. The Hall–Kier alpha value is -3.29. The van der Waals surface area contributed by atoms with Crippen LogP contribution in [0.25, 0.3) is 33.7 Å². The molecule has 148 valence electrons. The number of aromatic nitrogens is 5. The zero-order valence-electron chi connectivity index (χ0n) is 16.3. The number of benzene rings is 1. The van der Waals surface area contributed by atoms with Crippen LogP contribution in [-0.4, -0.2) is 32.0 Å². The van der Waals surface area contributed by atoms with Gasteiger partial charge in [-0.25, -0.2) is 9.37 Å². The molecule has 0 fully saturated rings. The van der Waals surface area contributed by atoms with E-state index in [9.17, 15) is 4.39 Å². The van der Waals surface area contributed by atoms with E-state index in [1.807, 2.05) is 13.0 Å². The maximum atomic E-state index is 14.7. The van der Waals surface area contributed by atoms with Gasteiger partial charge >= 0.3 is 0 Å². The third-order valence-corrected chi connectivity index (χ3v) is 5.42. The van der Waals surface area contributed by atoms with Crippen LogP contribution in [0.15, 0.2) is 28.8 Å². The normalized spacial score (nSPS) is 14.0. The summed E-state index contributed by atoms with van der Waals surface area (Å²) >= 11 is 0. The van der Waals surface area contributed by atoms with Gasteiger partial charge in [0.05, 0.1) is 23.9 Å². The molecule has 5 rings (SSSR count). The monoisotopic (exact) mass is 393 g/mol. The molecule has 0 amide bonds. The molecule has 0 saturated heterocycles. The fourth-order valence-electron chi connectivity index (χ4n) is 3.92. The summed E-state index contributed by atoms with van der Waals surface area (Å²) in [6.45, 7) is 2.72. The Balaban J connectivity index is 1.74. The number of nitrogens with zero attached hydrogens (tertiary/aromatic N) is 5. The highest BCUT2D eigenvalue weighted by atomic mass is 19.1. The number of ether oxygens (including phenoxy) is 1. The van der Waals surface area contributed by atoms with Crippen LogP contribution in [0, 0.1) is 12.7 Å². The molecule has 0 radical (unpaired) electrons. The minimum atomic E-state index is -0.418. The highest BCUT2D eigenvalue weighted by Gasteiger charge is 2.23. The average molecular weight is 393 g/mol. The van der Waals surface area contributed by atoms with Crippen LogP contribution in [-0.2, 0) is 13.0 Å². The fraction of sp³-hybridized carbons (Fsp3) is 0.333. The van der Waals surface area contributed by atoms with E-state index < -0.39 is 5.82 Å². The lowest BCUT2D eigenvalue weighted by Crippen LogP contribution is -2.04. The Bertz CT molecular complexity index is 1210. The first-order valence-corrected chi connectivity index (χ1v) is 9.69. The van der Waals surface area contributed by atoms with Crippen LogP contribution >= 0.6 is 0 Å². The summed E-state index contributed by atoms with van der Waals surface area (Å²) in [6.07, 6.45) is 4.26. The van der Waals surface area contributed by atoms with Crippen molar-refractivity contribution in [2.24, 2.45) is 0 Å². The molecular weight excluding hydrogens is 373 g/mol. The molecule has 0 aliphatic carbocycles. The van der Waals surface area contributed by atoms with Crippen molar-refractivity contribution in [3.63, 3.8) is 0 Å². The molecule has 4 aromatic rings. The first-order chi connectivity index (χ1) is 14.2. The first-order valence-electron chi connectivity index (χ1n) is 9.69. The molecular formula is C21H20FN5O2. The van der Waals surface area contributed by atoms with E-state index in [1.165, 1.54) is 19.6 Å². The second-order valence-electron chi connectivity index (χ2n) is 7.25. The molecule has 1 aliphatic heterocycles. The zero-order valence-corrected chi connectivity index (χ0v) is 16.3. The van der Waals surface area contributed by atoms with Gasteiger partial charge in [-0.05, 0) is 38.0 Å². The molecule has 0 atom stereocenters. The molecule has 4 heterocycles. The summed E-state index contributed by atoms with van der Waals surface area (Å²) in [6, 6.07) is 6.55. The van der Waals surface area contributed by atoms with Crippen LogP contribution in [0.3, 0.4) is 0 Å². The predicted molar refractivity (Wildman–Crippen MR) is 105 cm³/mol. The molecule has 0 saturated carbocycles. The third kappa shape index (κ3) is 2.95. The summed E-state index contributed by atoms with van der Waals surface area (Å²) in [5.41, 5.74) is 2.69. The van der Waals surface area contributed by atoms with Crippen molar-refractivity contribution >= 4 is 11.1 Å². The van der Waals surface area contributed by atoms with Crippen molar-refractivity contribution in [2.45, 2.75) is 39.2 Å². The highest BCUT2D eigenvalue weighted by Crippen LogP contribution is 2.35. The third-order valence-electron chi connectivity index (χ3n) is 5.42. The van der Waals surface area contributed by atoms with Crippen LogP contribution in [0.2, 0.25) is 0 Å². The first kappa shape index (κ1) is 17.8. The second kappa shape index (κ2) is 6.95. The molecule has 7 nitrogen and oxygen atoms in total. The summed E-state index contributed by atoms with van der Waals surface area (Å²) < 4.78 is 27.4. The molecule has 0 spiro atoms. The number of fused-ring (bicyclic) bond motifs is 2. The van der Waals surface area contributed by atoms with Gasteiger partial charge in [-0.2, -0.15) is 0 Å². The molecule has 0 N–H and O–H groups in total. The number of pyridine rings is 1. The Kier molecular flexibility index (Phi) is 4.26. The minimum Gasteiger partial charge on any atom is -0.497 e. The Labute approximate surface area is 166 Å². The topological polar surface area (TPSA) is 78.9 Å². The van der Waals surface area contributed by atoms with Gasteiger partial charge in [-0.15, -0.1) is 10.2 Å². The lowest BCUT2D eigenvalue weighted by molar-refractivity contribution is 0.411. The molecule has 0 bridgehead atoms. The van der Waals surface area contributed by atoms with Crippen LogP contribution < -0.4 is 4.74 Å². The van der Waals surface area contributed by atoms with Crippen molar-refractivity contribution in [1.82, 2.24) is 24.9 Å². The van der Waals surface area contributed by atoms with E-state index in [0.717, 1.165) is 54.1 Å². The van der Waals surface area contributed by atoms with Crippen molar-refractivity contribution in [3.8, 4) is 28.4 Å². The molecule has 1 aliphatic rings. The van der Waals surface area contributed by atoms with Crippen molar-refractivity contribution in [2.75, 3.05) is 7.11 Å². The van der Waals surface area contributed by atoms with Crippen molar-refractivity contribution < 1.29 is 13.7 Å². The predicted octanol–water partition coefficient (Wildman–Crippen LogP) is 4.33. The number of aryl methyl sites for hydroxylation is 2. The standard InChI is InChI=1S/C21H20FN5O2/c1-12-19-15(20-25-24-18-6-4-3-5-9-27(18)20)11-17(23-21(19)29-26-12)14-8-7-13(28-2)10-16(14)22/h7-8,10-11H,3-6,9H2,1-2H3. The summed E-state index contributed by atoms with van der Waals surface area (Å²) in [5, 5.41) is 13.7. The van der Waals surface area contributed by atoms with Gasteiger partial charge in [0.1, 0.15) is 17.4 Å². The van der Waals surface area contributed by atoms with Crippen LogP contribution in [0.1, 0.15) is 30.8 Å². The Morgan fingerprint density at radius 2 is 2.00 bits per heavy atom. The van der Waals surface area contributed by atoms with E-state index >= 15 is 0 Å². The highest BCUT2D eigenvalue weighted by molar-refractivity contribution is 5.94. The number of halogens is 1. The summed E-state index contributed by atoms with van der Waals surface area (Å²) in [5.74, 6) is 1.76. The average Bonchev–Trinajstić information content (AvgIpc) is 3.22. The second-order valence-corrected chi connectivity index (χ2v) is 7.25. The van der Waals surface area contributed by atoms with Gasteiger partial charge < -0.3 is 13.8 Å². The zero-order chi connectivity index (χ0) is 20.0. The van der Waals surface area contributed by atoms with Crippen LogP contribution in [0.5, 0.6) is 5.75 Å². The van der Waals surface area contributed by atoms with Crippen molar-refractivity contribution in [3.05, 3.63) is 41.6 Å². The van der Waals surface area contributed by atoms with E-state index in [-0.39, 0.29) is 0 Å². The number of rotatable bonds is 3. The Morgan fingerprint density at radius 3 is 2.83 bits per heavy atom. The minimum absolute atomic E-state index is 0.358. The smallest absolute Gasteiger partial charge is 0.259 e. The molecule has 1 aromatic carbocycles. The van der Waals surface area contributed by atoms with E-state index in [0.29, 0.717) is 22.7 Å². The molecule has 3 aromatic heterocycles. The largest absolute Gasteiger partial charge is 0.497 e. The van der Waals surface area contributed by atoms with Gasteiger partial charge in [0.15, 0.2) is 5.82 Å². The van der Waals surface area contributed by atoms with Gasteiger partial charge in [0.2, 0.25) is 0 Å². The lowest BCUT2D eigenvalue weighted by atomic mass is 10.0. The number of methoxy groups -OCH3 is 1. The van der Waals surface area contributed by atoms with Gasteiger partial charge in [-0.3, -0.25) is 0 Å². The SMILES string of the molecule is COc1ccc(-c2cc(-c3nnc4n3CCCCC4)c3c(C)noc3n2)c(F)c1.